The van der Waals surface area contributed by atoms with E-state index < -0.39 is 6.04 Å². The molecular weight excluding hydrogens is 666 g/mol. The van der Waals surface area contributed by atoms with Gasteiger partial charge in [-0.05, 0) is 66.6 Å². The van der Waals surface area contributed by atoms with E-state index in [9.17, 15) is 9.59 Å². The van der Waals surface area contributed by atoms with Crippen LogP contribution >= 0.6 is 27.3 Å². The van der Waals surface area contributed by atoms with Crippen LogP contribution < -0.4 is 34.4 Å². The molecule has 0 fully saturated rings. The summed E-state index contributed by atoms with van der Waals surface area (Å²) in [6, 6.07) is 29.3. The molecule has 1 aromatic heterocycles. The second-order valence-corrected chi connectivity index (χ2v) is 12.4. The number of halogens is 1. The van der Waals surface area contributed by atoms with Crippen LogP contribution in [0.2, 0.25) is 0 Å². The minimum atomic E-state index is -0.740. The molecular formula is C36H30BrN3O5S. The largest absolute Gasteiger partial charge is 0.497 e. The lowest BCUT2D eigenvalue weighted by Gasteiger charge is -2.25. The highest BCUT2D eigenvalue weighted by Gasteiger charge is 2.33. The maximum absolute atomic E-state index is 14.3. The summed E-state index contributed by atoms with van der Waals surface area (Å²) in [5, 5.41) is 2.98. The number of nitrogens with zero attached hydrogens (tertiary/aromatic N) is 2. The summed E-state index contributed by atoms with van der Waals surface area (Å²) in [4.78, 5) is 33.4. The van der Waals surface area contributed by atoms with E-state index in [0.717, 1.165) is 15.6 Å². The van der Waals surface area contributed by atoms with Gasteiger partial charge in [-0.1, -0.05) is 81.9 Å². The van der Waals surface area contributed by atoms with Crippen LogP contribution in [0, 0.1) is 0 Å². The minimum absolute atomic E-state index is 0.282. The molecule has 0 saturated carbocycles. The molecule has 0 aliphatic carbocycles. The molecule has 4 aromatic carbocycles. The Hall–Kier alpha value is -4.93. The third-order valence-corrected chi connectivity index (χ3v) is 9.03. The molecule has 6 rings (SSSR count). The molecule has 0 saturated heterocycles. The molecule has 5 aromatic rings. The zero-order valence-corrected chi connectivity index (χ0v) is 27.7. The van der Waals surface area contributed by atoms with Gasteiger partial charge in [0.15, 0.2) is 16.3 Å². The van der Waals surface area contributed by atoms with Gasteiger partial charge in [0.25, 0.3) is 11.5 Å². The molecule has 0 bridgehead atoms. The molecule has 0 radical (unpaired) electrons. The molecule has 2 heterocycles. The molecule has 1 aliphatic heterocycles. The topological polar surface area (TPSA) is 91.2 Å². The summed E-state index contributed by atoms with van der Waals surface area (Å²) < 4.78 is 20.4. The highest BCUT2D eigenvalue weighted by Crippen LogP contribution is 2.34. The number of para-hydroxylation sites is 2. The van der Waals surface area contributed by atoms with E-state index in [1.165, 1.54) is 11.3 Å². The summed E-state index contributed by atoms with van der Waals surface area (Å²) in [5.41, 5.74) is 3.63. The molecule has 1 atom stereocenters. The average molecular weight is 697 g/mol. The Morgan fingerprint density at radius 3 is 2.48 bits per heavy atom. The summed E-state index contributed by atoms with van der Waals surface area (Å²) >= 11 is 4.72. The number of anilines is 1. The lowest BCUT2D eigenvalue weighted by atomic mass is 9.95. The van der Waals surface area contributed by atoms with Crippen molar-refractivity contribution in [2.24, 2.45) is 4.99 Å². The molecule has 46 heavy (non-hydrogen) atoms. The van der Waals surface area contributed by atoms with Crippen LogP contribution in [0.15, 0.2) is 123 Å². The van der Waals surface area contributed by atoms with E-state index in [1.807, 2.05) is 97.1 Å². The first-order valence-electron chi connectivity index (χ1n) is 14.4. The lowest BCUT2D eigenvalue weighted by molar-refractivity contribution is -0.113. The van der Waals surface area contributed by atoms with Gasteiger partial charge in [-0.15, -0.1) is 0 Å². The second kappa shape index (κ2) is 13.6. The lowest BCUT2D eigenvalue weighted by Crippen LogP contribution is -2.40. The van der Waals surface area contributed by atoms with Gasteiger partial charge < -0.3 is 19.5 Å². The van der Waals surface area contributed by atoms with Crippen LogP contribution in [0.25, 0.3) is 6.08 Å². The maximum Gasteiger partial charge on any atom is 0.271 e. The second-order valence-electron chi connectivity index (χ2n) is 10.5. The number of allylic oxidation sites excluding steroid dienone is 1. The van der Waals surface area contributed by atoms with Gasteiger partial charge in [0.05, 0.1) is 36.1 Å². The molecule has 1 amide bonds. The number of carbonyl (C=O) groups is 1. The SMILES string of the molecule is COc1cccc([C@H]2C(C(=O)Nc3ccccc3)=C(C)N=c3s/c(=C\c4cccc(OC)c4OCc4ccc(Br)cc4)c(=O)n32)c1. The first kappa shape index (κ1) is 31.1. The van der Waals surface area contributed by atoms with E-state index in [1.54, 1.807) is 31.8 Å². The number of fused-ring (bicyclic) bond motifs is 1. The zero-order valence-electron chi connectivity index (χ0n) is 25.3. The predicted octanol–water partition coefficient (Wildman–Crippen LogP) is 6.23. The molecule has 232 valence electrons. The zero-order chi connectivity index (χ0) is 32.2. The summed E-state index contributed by atoms with van der Waals surface area (Å²) in [6.07, 6.45) is 1.79. The number of thiazole rings is 1. The fourth-order valence-corrected chi connectivity index (χ4v) is 6.60. The van der Waals surface area contributed by atoms with Crippen molar-refractivity contribution in [1.82, 2.24) is 4.57 Å². The van der Waals surface area contributed by atoms with Crippen molar-refractivity contribution in [1.29, 1.82) is 0 Å². The van der Waals surface area contributed by atoms with Crippen molar-refractivity contribution < 1.29 is 19.0 Å². The third kappa shape index (κ3) is 6.40. The van der Waals surface area contributed by atoms with Crippen molar-refractivity contribution in [3.63, 3.8) is 0 Å². The predicted molar refractivity (Wildman–Crippen MR) is 183 cm³/mol. The van der Waals surface area contributed by atoms with Crippen molar-refractivity contribution in [2.75, 3.05) is 19.5 Å². The fourth-order valence-electron chi connectivity index (χ4n) is 5.30. The van der Waals surface area contributed by atoms with Crippen LogP contribution in [0.4, 0.5) is 5.69 Å². The van der Waals surface area contributed by atoms with E-state index in [2.05, 4.69) is 21.2 Å². The third-order valence-electron chi connectivity index (χ3n) is 7.52. The van der Waals surface area contributed by atoms with Crippen molar-refractivity contribution in [2.45, 2.75) is 19.6 Å². The van der Waals surface area contributed by atoms with Crippen LogP contribution in [0.5, 0.6) is 17.2 Å². The average Bonchev–Trinajstić information content (AvgIpc) is 3.38. The van der Waals surface area contributed by atoms with Crippen molar-refractivity contribution in [3.8, 4) is 17.2 Å². The number of benzene rings is 4. The van der Waals surface area contributed by atoms with Gasteiger partial charge in [-0.2, -0.15) is 0 Å². The Kier molecular flexibility index (Phi) is 9.18. The number of amides is 1. The van der Waals surface area contributed by atoms with E-state index >= 15 is 0 Å². The number of nitrogens with one attached hydrogen (secondary N) is 1. The first-order chi connectivity index (χ1) is 22.4. The number of rotatable bonds is 9. The van der Waals surface area contributed by atoms with Gasteiger partial charge in [0, 0.05) is 15.7 Å². The van der Waals surface area contributed by atoms with Crippen LogP contribution in [-0.2, 0) is 11.4 Å². The molecule has 8 nitrogen and oxygen atoms in total. The smallest absolute Gasteiger partial charge is 0.271 e. The standard InChI is InChI=1S/C36H30BrN3O5S/c1-22-31(34(41)39-27-11-5-4-6-12-27)32(24-9-7-13-28(19-24)43-2)40-35(42)30(46-36(40)38-22)20-25-10-8-14-29(44-3)33(25)45-21-23-15-17-26(37)18-16-23/h4-20,32H,21H2,1-3H3,(H,39,41)/b30-20-/t32-/m0/s1. The quantitative estimate of drug-likeness (QED) is 0.197. The Morgan fingerprint density at radius 1 is 0.978 bits per heavy atom. The summed E-state index contributed by atoms with van der Waals surface area (Å²) in [5.74, 6) is 1.33. The molecule has 0 unspecified atom stereocenters. The van der Waals surface area contributed by atoms with Gasteiger partial charge in [0.1, 0.15) is 12.4 Å². The molecule has 1 aliphatic rings. The minimum Gasteiger partial charge on any atom is -0.497 e. The van der Waals surface area contributed by atoms with Gasteiger partial charge in [-0.25, -0.2) is 4.99 Å². The monoisotopic (exact) mass is 695 g/mol. The number of carbonyl (C=O) groups excluding carboxylic acids is 1. The molecule has 0 spiro atoms. The normalized spacial score (nSPS) is 14.3. The van der Waals surface area contributed by atoms with Crippen LogP contribution in [0.1, 0.15) is 29.7 Å². The van der Waals surface area contributed by atoms with Crippen molar-refractivity contribution in [3.05, 3.63) is 149 Å². The fraction of sp³-hybridized carbons (Fsp3) is 0.139. The van der Waals surface area contributed by atoms with Gasteiger partial charge >= 0.3 is 0 Å². The highest BCUT2D eigenvalue weighted by atomic mass is 79.9. The summed E-state index contributed by atoms with van der Waals surface area (Å²) in [7, 11) is 3.16. The maximum atomic E-state index is 14.3. The summed E-state index contributed by atoms with van der Waals surface area (Å²) in [6.45, 7) is 2.10. The molecule has 10 heteroatoms. The number of methoxy groups -OCH3 is 2. The molecule has 1 N–H and O–H groups in total. The van der Waals surface area contributed by atoms with E-state index in [0.29, 0.717) is 55.7 Å². The Balaban J connectivity index is 1.46. The number of hydrogen-bond acceptors (Lipinski definition) is 7. The first-order valence-corrected chi connectivity index (χ1v) is 16.0. The Bertz CT molecular complexity index is 2120. The van der Waals surface area contributed by atoms with E-state index in [4.69, 9.17) is 19.2 Å². The van der Waals surface area contributed by atoms with Crippen molar-refractivity contribution >= 4 is 44.9 Å². The van der Waals surface area contributed by atoms with Gasteiger partial charge in [0.2, 0.25) is 0 Å². The Morgan fingerprint density at radius 2 is 1.74 bits per heavy atom. The number of hydrogen-bond donors (Lipinski definition) is 1. The van der Waals surface area contributed by atoms with Gasteiger partial charge in [-0.3, -0.25) is 14.2 Å². The number of ether oxygens (including phenoxy) is 3. The highest BCUT2D eigenvalue weighted by molar-refractivity contribution is 9.10. The number of aromatic nitrogens is 1. The van der Waals surface area contributed by atoms with Crippen LogP contribution in [-0.4, -0.2) is 24.7 Å². The Labute approximate surface area is 278 Å². The van der Waals surface area contributed by atoms with E-state index in [-0.39, 0.29) is 11.5 Å². The van der Waals surface area contributed by atoms with Crippen LogP contribution in [0.3, 0.4) is 0 Å².